The van der Waals surface area contributed by atoms with Gasteiger partial charge in [0.15, 0.2) is 0 Å². The van der Waals surface area contributed by atoms with Crippen LogP contribution in [0.4, 0.5) is 0 Å². The lowest BCUT2D eigenvalue weighted by Crippen LogP contribution is -2.48. The number of ether oxygens (including phenoxy) is 1. The molecular weight excluding hydrogens is 422 g/mol. The molecule has 0 saturated heterocycles. The van der Waals surface area contributed by atoms with Crippen molar-refractivity contribution in [3.05, 3.63) is 65.5 Å². The van der Waals surface area contributed by atoms with Crippen LogP contribution in [-0.2, 0) is 6.42 Å². The van der Waals surface area contributed by atoms with Gasteiger partial charge in [0, 0.05) is 18.9 Å². The van der Waals surface area contributed by atoms with Crippen LogP contribution in [0.1, 0.15) is 49.1 Å². The Kier molecular flexibility index (Phi) is 6.50. The van der Waals surface area contributed by atoms with E-state index in [-0.39, 0.29) is 5.92 Å². The minimum atomic E-state index is -0.567. The van der Waals surface area contributed by atoms with Crippen molar-refractivity contribution in [1.82, 2.24) is 14.9 Å². The van der Waals surface area contributed by atoms with Gasteiger partial charge in [0.25, 0.3) is 0 Å². The Morgan fingerprint density at radius 2 is 1.97 bits per heavy atom. The Morgan fingerprint density at radius 3 is 2.71 bits per heavy atom. The molecule has 0 amide bonds. The fourth-order valence-corrected chi connectivity index (χ4v) is 5.99. The van der Waals surface area contributed by atoms with Crippen LogP contribution in [0.3, 0.4) is 0 Å². The van der Waals surface area contributed by atoms with E-state index in [1.165, 1.54) is 17.6 Å². The summed E-state index contributed by atoms with van der Waals surface area (Å²) in [5.41, 5.74) is 5.36. The van der Waals surface area contributed by atoms with E-state index in [1.807, 2.05) is 6.07 Å². The molecule has 2 N–H and O–H groups in total. The fraction of sp³-hybridized carbons (Fsp3) is 0.483. The molecule has 1 aromatic heterocycles. The lowest BCUT2D eigenvalue weighted by Gasteiger charge is -2.48. The lowest BCUT2D eigenvalue weighted by atomic mass is 9.61. The van der Waals surface area contributed by atoms with Gasteiger partial charge in [0.05, 0.1) is 18.2 Å². The van der Waals surface area contributed by atoms with Gasteiger partial charge >= 0.3 is 0 Å². The molecule has 3 aliphatic carbocycles. The van der Waals surface area contributed by atoms with Crippen molar-refractivity contribution < 1.29 is 9.84 Å². The summed E-state index contributed by atoms with van der Waals surface area (Å²) in [6, 6.07) is 14.8. The fourth-order valence-electron chi connectivity index (χ4n) is 5.99. The number of aryl methyl sites for hydroxylation is 2. The topological polar surface area (TPSA) is 61.4 Å². The number of allylic oxidation sites excluding steroid dienone is 1. The van der Waals surface area contributed by atoms with E-state index in [2.05, 4.69) is 66.3 Å². The SMILES string of the molecule is COc1ccc(C)c2nc(CCCN(C)CCC3(O)C[C@@H]4CCC3C=C4c3ccccc3)[nH]c12. The van der Waals surface area contributed by atoms with E-state index < -0.39 is 5.60 Å². The van der Waals surface area contributed by atoms with E-state index in [0.717, 1.165) is 73.4 Å². The second kappa shape index (κ2) is 9.55. The molecule has 3 aromatic rings. The Morgan fingerprint density at radius 1 is 1.15 bits per heavy atom. The number of aromatic amines is 1. The van der Waals surface area contributed by atoms with Gasteiger partial charge in [-0.25, -0.2) is 4.98 Å². The van der Waals surface area contributed by atoms with Crippen LogP contribution in [0.5, 0.6) is 5.75 Å². The summed E-state index contributed by atoms with van der Waals surface area (Å²) in [6.07, 6.45) is 8.35. The van der Waals surface area contributed by atoms with Crippen LogP contribution in [-0.4, -0.2) is 52.8 Å². The first-order valence-corrected chi connectivity index (χ1v) is 12.7. The van der Waals surface area contributed by atoms with Crippen molar-refractivity contribution in [2.75, 3.05) is 27.2 Å². The normalized spacial score (nSPS) is 24.1. The Bertz CT molecular complexity index is 1170. The highest BCUT2D eigenvalue weighted by Gasteiger charge is 2.46. The number of methoxy groups -OCH3 is 1. The molecule has 3 aliphatic rings. The van der Waals surface area contributed by atoms with Gasteiger partial charge in [0.1, 0.15) is 17.1 Å². The van der Waals surface area contributed by atoms with E-state index in [4.69, 9.17) is 9.72 Å². The van der Waals surface area contributed by atoms with Gasteiger partial charge in [-0.3, -0.25) is 0 Å². The zero-order valence-corrected chi connectivity index (χ0v) is 20.7. The Labute approximate surface area is 202 Å². The summed E-state index contributed by atoms with van der Waals surface area (Å²) in [7, 11) is 3.87. The zero-order chi connectivity index (χ0) is 23.7. The molecule has 3 atom stereocenters. The second-order valence-corrected chi connectivity index (χ2v) is 10.3. The van der Waals surface area contributed by atoms with Gasteiger partial charge in [0.2, 0.25) is 0 Å². The lowest BCUT2D eigenvalue weighted by molar-refractivity contribution is -0.0574. The molecule has 180 valence electrons. The minimum Gasteiger partial charge on any atom is -0.494 e. The monoisotopic (exact) mass is 459 g/mol. The number of imidazole rings is 1. The molecule has 0 radical (unpaired) electrons. The van der Waals surface area contributed by atoms with Crippen LogP contribution in [0.2, 0.25) is 0 Å². The largest absolute Gasteiger partial charge is 0.494 e. The summed E-state index contributed by atoms with van der Waals surface area (Å²) in [5.74, 6) is 2.61. The van der Waals surface area contributed by atoms with Gasteiger partial charge in [-0.2, -0.15) is 0 Å². The van der Waals surface area contributed by atoms with Crippen LogP contribution in [0, 0.1) is 18.8 Å². The summed E-state index contributed by atoms with van der Waals surface area (Å²) in [4.78, 5) is 10.6. The van der Waals surface area contributed by atoms with Crippen LogP contribution < -0.4 is 4.74 Å². The van der Waals surface area contributed by atoms with E-state index >= 15 is 0 Å². The van der Waals surface area contributed by atoms with Crippen molar-refractivity contribution in [2.24, 2.45) is 11.8 Å². The Balaban J connectivity index is 1.14. The number of benzene rings is 2. The third-order valence-corrected chi connectivity index (χ3v) is 8.00. The molecule has 1 heterocycles. The van der Waals surface area contributed by atoms with Gasteiger partial charge < -0.3 is 19.7 Å². The molecule has 1 fully saturated rings. The minimum absolute atomic E-state index is 0.273. The number of hydrogen-bond donors (Lipinski definition) is 2. The van der Waals surface area contributed by atoms with Crippen molar-refractivity contribution in [3.63, 3.8) is 0 Å². The third-order valence-electron chi connectivity index (χ3n) is 8.00. The number of aliphatic hydroxyl groups is 1. The first kappa shape index (κ1) is 23.1. The number of fused-ring (bicyclic) bond motifs is 3. The number of nitrogens with zero attached hydrogens (tertiary/aromatic N) is 2. The highest BCUT2D eigenvalue weighted by Crippen LogP contribution is 2.51. The summed E-state index contributed by atoms with van der Waals surface area (Å²) >= 11 is 0. The molecule has 5 nitrogen and oxygen atoms in total. The maximum atomic E-state index is 11.5. The molecule has 5 heteroatoms. The van der Waals surface area contributed by atoms with Crippen molar-refractivity contribution in [3.8, 4) is 5.75 Å². The quantitative estimate of drug-likeness (QED) is 0.451. The standard InChI is InChI=1S/C29H37N3O2/c1-20-11-14-25(34-3)28-27(20)30-26(31-28)10-7-16-32(2)17-15-29(33)19-22-12-13-23(29)18-24(22)21-8-5-4-6-9-21/h4-6,8-9,11,14,18,22-23,33H,7,10,12-13,15-17,19H2,1-3H3,(H,30,31)/t22-,23?,29?/m0/s1. The number of H-pyrrole nitrogens is 1. The van der Waals surface area contributed by atoms with Gasteiger partial charge in [-0.15, -0.1) is 0 Å². The summed E-state index contributed by atoms with van der Waals surface area (Å²) in [5, 5.41) is 11.5. The number of nitrogens with one attached hydrogen (secondary N) is 1. The summed E-state index contributed by atoms with van der Waals surface area (Å²) in [6.45, 7) is 3.99. The molecule has 0 spiro atoms. The average Bonchev–Trinajstić information content (AvgIpc) is 3.29. The van der Waals surface area contributed by atoms with Crippen LogP contribution in [0.15, 0.2) is 48.5 Å². The van der Waals surface area contributed by atoms with E-state index in [9.17, 15) is 5.11 Å². The highest BCUT2D eigenvalue weighted by molar-refractivity contribution is 5.84. The van der Waals surface area contributed by atoms with Crippen LogP contribution >= 0.6 is 0 Å². The molecule has 6 rings (SSSR count). The molecule has 2 aromatic carbocycles. The van der Waals surface area contributed by atoms with Crippen molar-refractivity contribution >= 4 is 16.6 Å². The highest BCUT2D eigenvalue weighted by atomic mass is 16.5. The van der Waals surface area contributed by atoms with E-state index in [1.54, 1.807) is 7.11 Å². The van der Waals surface area contributed by atoms with Crippen molar-refractivity contribution in [2.45, 2.75) is 51.0 Å². The number of rotatable bonds is 9. The molecule has 2 unspecified atom stereocenters. The third kappa shape index (κ3) is 4.51. The first-order valence-electron chi connectivity index (χ1n) is 12.7. The zero-order valence-electron chi connectivity index (χ0n) is 20.7. The predicted octanol–water partition coefficient (Wildman–Crippen LogP) is 5.38. The average molecular weight is 460 g/mol. The molecule has 2 bridgehead atoms. The number of hydrogen-bond acceptors (Lipinski definition) is 4. The number of aromatic nitrogens is 2. The molecule has 34 heavy (non-hydrogen) atoms. The molecule has 1 saturated carbocycles. The second-order valence-electron chi connectivity index (χ2n) is 10.3. The first-order chi connectivity index (χ1) is 16.5. The van der Waals surface area contributed by atoms with E-state index in [0.29, 0.717) is 5.92 Å². The summed E-state index contributed by atoms with van der Waals surface area (Å²) < 4.78 is 5.48. The Hall–Kier alpha value is -2.63. The van der Waals surface area contributed by atoms with Crippen LogP contribution in [0.25, 0.3) is 16.6 Å². The molecule has 0 aliphatic heterocycles. The maximum absolute atomic E-state index is 11.5. The molecular formula is C29H37N3O2. The van der Waals surface area contributed by atoms with Gasteiger partial charge in [-0.05, 0) is 81.3 Å². The smallest absolute Gasteiger partial charge is 0.144 e. The predicted molar refractivity (Wildman–Crippen MR) is 138 cm³/mol. The maximum Gasteiger partial charge on any atom is 0.144 e. The van der Waals surface area contributed by atoms with Crippen molar-refractivity contribution in [1.29, 1.82) is 0 Å². The van der Waals surface area contributed by atoms with Gasteiger partial charge in [-0.1, -0.05) is 42.5 Å².